The second kappa shape index (κ2) is 4.25. The van der Waals surface area contributed by atoms with Crippen LogP contribution in [0.3, 0.4) is 0 Å². The number of ether oxygens (including phenoxy) is 4. The summed E-state index contributed by atoms with van der Waals surface area (Å²) < 4.78 is 22.3. The van der Waals surface area contributed by atoms with Crippen molar-refractivity contribution >= 4 is 17.8 Å². The number of aliphatic carboxylic acids is 1. The van der Waals surface area contributed by atoms with E-state index in [4.69, 9.17) is 24.1 Å². The van der Waals surface area contributed by atoms with Gasteiger partial charge in [-0.05, 0) is 0 Å². The van der Waals surface area contributed by atoms with Gasteiger partial charge in [0.25, 0.3) is 5.97 Å². The minimum atomic E-state index is -1.23. The molecule has 4 rings (SSSR count). The summed E-state index contributed by atoms with van der Waals surface area (Å²) in [6.45, 7) is 0.984. The number of amides is 2. The summed E-state index contributed by atoms with van der Waals surface area (Å²) in [4.78, 5) is 36.4. The SMILES string of the molecule is COC1(C)OC2C3O[C@H](C2O1)C1C(=O)N(CC(=O)O)C(=O)C31. The molecule has 4 saturated heterocycles. The van der Waals surface area contributed by atoms with Crippen LogP contribution in [0.15, 0.2) is 0 Å². The number of carboxylic acid groups (broad SMARTS) is 1. The van der Waals surface area contributed by atoms with E-state index in [0.29, 0.717) is 0 Å². The van der Waals surface area contributed by atoms with Crippen molar-refractivity contribution in [2.45, 2.75) is 37.3 Å². The third-order valence-corrected chi connectivity index (χ3v) is 4.85. The molecule has 4 fully saturated rings. The Morgan fingerprint density at radius 2 is 1.68 bits per heavy atom. The van der Waals surface area contributed by atoms with Crippen molar-refractivity contribution in [3.63, 3.8) is 0 Å². The molecule has 0 radical (unpaired) electrons. The number of carboxylic acids is 1. The van der Waals surface area contributed by atoms with E-state index in [1.54, 1.807) is 6.92 Å². The summed E-state index contributed by atoms with van der Waals surface area (Å²) in [6, 6.07) is 0. The molecule has 2 amide bonds. The topological polar surface area (TPSA) is 112 Å². The molecule has 2 bridgehead atoms. The van der Waals surface area contributed by atoms with Gasteiger partial charge in [0.2, 0.25) is 11.8 Å². The molecule has 9 heteroatoms. The Bertz CT molecular complexity index is 540. The molecule has 4 aliphatic heterocycles. The summed E-state index contributed by atoms with van der Waals surface area (Å²) in [5, 5.41) is 8.84. The summed E-state index contributed by atoms with van der Waals surface area (Å²) in [7, 11) is 1.44. The molecule has 22 heavy (non-hydrogen) atoms. The Morgan fingerprint density at radius 3 is 2.09 bits per heavy atom. The number of hydrogen-bond donors (Lipinski definition) is 1. The first-order valence-corrected chi connectivity index (χ1v) is 6.99. The lowest BCUT2D eigenvalue weighted by atomic mass is 9.78. The molecule has 120 valence electrons. The van der Waals surface area contributed by atoms with E-state index in [2.05, 4.69) is 0 Å². The molecule has 0 spiro atoms. The van der Waals surface area contributed by atoms with Gasteiger partial charge in [0, 0.05) is 14.0 Å². The van der Waals surface area contributed by atoms with Gasteiger partial charge in [-0.25, -0.2) is 0 Å². The van der Waals surface area contributed by atoms with Gasteiger partial charge in [-0.3, -0.25) is 19.3 Å². The lowest BCUT2D eigenvalue weighted by Gasteiger charge is -2.24. The average Bonchev–Trinajstić information content (AvgIpc) is 3.14. The molecule has 0 aliphatic carbocycles. The van der Waals surface area contributed by atoms with E-state index in [1.165, 1.54) is 7.11 Å². The van der Waals surface area contributed by atoms with Crippen molar-refractivity contribution in [2.24, 2.45) is 11.8 Å². The zero-order valence-electron chi connectivity index (χ0n) is 11.9. The van der Waals surface area contributed by atoms with Crippen LogP contribution in [0.2, 0.25) is 0 Å². The van der Waals surface area contributed by atoms with Crippen LogP contribution in [0.5, 0.6) is 0 Å². The van der Waals surface area contributed by atoms with Crippen LogP contribution in [-0.4, -0.2) is 71.8 Å². The highest BCUT2D eigenvalue weighted by Gasteiger charge is 2.73. The zero-order chi connectivity index (χ0) is 15.8. The van der Waals surface area contributed by atoms with Crippen LogP contribution in [-0.2, 0) is 33.3 Å². The molecule has 0 aromatic carbocycles. The molecular formula is C13H15NO8. The molecule has 7 atom stereocenters. The Hall–Kier alpha value is -1.55. The first-order chi connectivity index (χ1) is 10.4. The number of carbonyl (C=O) groups is 3. The summed E-state index contributed by atoms with van der Waals surface area (Å²) in [6.07, 6.45) is -2.24. The van der Waals surface area contributed by atoms with Crippen LogP contribution in [0, 0.1) is 11.8 Å². The first-order valence-electron chi connectivity index (χ1n) is 6.99. The van der Waals surface area contributed by atoms with Gasteiger partial charge in [-0.15, -0.1) is 0 Å². The Kier molecular flexibility index (Phi) is 2.72. The van der Waals surface area contributed by atoms with Crippen LogP contribution in [0.4, 0.5) is 0 Å². The van der Waals surface area contributed by atoms with Gasteiger partial charge in [0.15, 0.2) is 0 Å². The molecule has 0 aromatic rings. The van der Waals surface area contributed by atoms with Crippen molar-refractivity contribution in [3.8, 4) is 0 Å². The summed E-state index contributed by atoms with van der Waals surface area (Å²) >= 11 is 0. The van der Waals surface area contributed by atoms with Gasteiger partial charge in [-0.2, -0.15) is 0 Å². The molecule has 4 aliphatic rings. The molecule has 6 unspecified atom stereocenters. The number of nitrogens with zero attached hydrogens (tertiary/aromatic N) is 1. The number of likely N-dealkylation sites (tertiary alicyclic amines) is 1. The van der Waals surface area contributed by atoms with Gasteiger partial charge >= 0.3 is 5.97 Å². The molecule has 0 saturated carbocycles. The van der Waals surface area contributed by atoms with Crippen molar-refractivity contribution in [1.82, 2.24) is 4.90 Å². The highest BCUT2D eigenvalue weighted by atomic mass is 16.9. The quantitative estimate of drug-likeness (QED) is 0.630. The smallest absolute Gasteiger partial charge is 0.323 e. The average molecular weight is 313 g/mol. The van der Waals surface area contributed by atoms with Gasteiger partial charge < -0.3 is 24.1 Å². The third kappa shape index (κ3) is 1.59. The van der Waals surface area contributed by atoms with Gasteiger partial charge in [0.1, 0.15) is 18.8 Å². The highest BCUT2D eigenvalue weighted by molar-refractivity contribution is 6.08. The van der Waals surface area contributed by atoms with Crippen LogP contribution in [0.25, 0.3) is 0 Å². The Morgan fingerprint density at radius 1 is 1.18 bits per heavy atom. The van der Waals surface area contributed by atoms with E-state index in [1.807, 2.05) is 0 Å². The third-order valence-electron chi connectivity index (χ3n) is 4.85. The van der Waals surface area contributed by atoms with Crippen LogP contribution >= 0.6 is 0 Å². The number of hydrogen-bond acceptors (Lipinski definition) is 7. The number of fused-ring (bicyclic) bond motifs is 8. The van der Waals surface area contributed by atoms with E-state index in [-0.39, 0.29) is 0 Å². The van der Waals surface area contributed by atoms with E-state index in [0.717, 1.165) is 4.90 Å². The second-order valence-electron chi connectivity index (χ2n) is 6.00. The lowest BCUT2D eigenvalue weighted by Crippen LogP contribution is -2.46. The predicted octanol–water partition coefficient (Wildman–Crippen LogP) is -1.44. The summed E-state index contributed by atoms with van der Waals surface area (Å²) in [5.74, 6) is -4.89. The maximum Gasteiger partial charge on any atom is 0.323 e. The van der Waals surface area contributed by atoms with Crippen molar-refractivity contribution in [1.29, 1.82) is 0 Å². The monoisotopic (exact) mass is 313 g/mol. The van der Waals surface area contributed by atoms with E-state index < -0.39 is 66.6 Å². The van der Waals surface area contributed by atoms with Crippen molar-refractivity contribution in [2.75, 3.05) is 13.7 Å². The minimum absolute atomic E-state index is 0.502. The summed E-state index contributed by atoms with van der Waals surface area (Å²) in [5.41, 5.74) is 0. The van der Waals surface area contributed by atoms with E-state index >= 15 is 0 Å². The minimum Gasteiger partial charge on any atom is -0.480 e. The molecule has 4 heterocycles. The van der Waals surface area contributed by atoms with Gasteiger partial charge in [-0.1, -0.05) is 0 Å². The second-order valence-corrected chi connectivity index (χ2v) is 6.00. The predicted molar refractivity (Wildman–Crippen MR) is 65.2 cm³/mol. The fourth-order valence-electron chi connectivity index (χ4n) is 3.93. The number of methoxy groups -OCH3 is 1. The Balaban J connectivity index is 1.63. The maximum absolute atomic E-state index is 12.4. The Labute approximate surface area is 125 Å². The van der Waals surface area contributed by atoms with Crippen molar-refractivity contribution in [3.05, 3.63) is 0 Å². The normalized spacial score (nSPS) is 48.9. The van der Waals surface area contributed by atoms with Crippen molar-refractivity contribution < 1.29 is 38.4 Å². The highest BCUT2D eigenvalue weighted by Crippen LogP contribution is 2.54. The molecule has 1 N–H and O–H groups in total. The number of imide groups is 1. The standard InChI is InChI=1S/C13H15NO8/c1-13(19-2)21-9-7-5-6(8(20-7)10(9)22-13)12(18)14(11(5)17)3-4(15)16/h5-10H,3H2,1-2H3,(H,15,16)/t5?,6?,7-,8?,9?,10?,13?/m0/s1. The van der Waals surface area contributed by atoms with Crippen LogP contribution < -0.4 is 0 Å². The largest absolute Gasteiger partial charge is 0.480 e. The zero-order valence-corrected chi connectivity index (χ0v) is 11.9. The van der Waals surface area contributed by atoms with Crippen LogP contribution in [0.1, 0.15) is 6.92 Å². The van der Waals surface area contributed by atoms with Gasteiger partial charge in [0.05, 0.1) is 24.0 Å². The first kappa shape index (κ1) is 14.1. The molecule has 9 nitrogen and oxygen atoms in total. The fraction of sp³-hybridized carbons (Fsp3) is 0.769. The lowest BCUT2D eigenvalue weighted by molar-refractivity contribution is -0.330. The molecular weight excluding hydrogens is 298 g/mol. The van der Waals surface area contributed by atoms with E-state index in [9.17, 15) is 14.4 Å². The number of carbonyl (C=O) groups excluding carboxylic acids is 2. The molecule has 0 aromatic heterocycles. The maximum atomic E-state index is 12.4. The number of rotatable bonds is 3. The fourth-order valence-corrected chi connectivity index (χ4v) is 3.93.